The molecule has 1 aromatic carbocycles. The van der Waals surface area contributed by atoms with Crippen LogP contribution in [-0.2, 0) is 12.7 Å². The zero-order valence-electron chi connectivity index (χ0n) is 16.9. The van der Waals surface area contributed by atoms with E-state index in [0.29, 0.717) is 13.1 Å². The lowest BCUT2D eigenvalue weighted by Crippen LogP contribution is -2.52. The van der Waals surface area contributed by atoms with Crippen LogP contribution >= 0.6 is 0 Å². The minimum Gasteiger partial charge on any atom is -0.354 e. The molecule has 0 aliphatic carbocycles. The third kappa shape index (κ3) is 6.31. The average Bonchev–Trinajstić information content (AvgIpc) is 2.75. The number of piperazine rings is 1. The second kappa shape index (κ2) is 10.2. The first-order chi connectivity index (χ1) is 14.5. The second-order valence-corrected chi connectivity index (χ2v) is 6.91. The third-order valence-corrected chi connectivity index (χ3v) is 4.77. The van der Waals surface area contributed by atoms with E-state index >= 15 is 0 Å². The van der Waals surface area contributed by atoms with Gasteiger partial charge in [0.25, 0.3) is 0 Å². The molecule has 10 heteroatoms. The Balaban J connectivity index is 1.40. The number of anilines is 1. The molecule has 30 heavy (non-hydrogen) atoms. The molecule has 2 heterocycles. The van der Waals surface area contributed by atoms with Gasteiger partial charge < -0.3 is 15.5 Å². The number of hydrogen-bond acceptors (Lipinski definition) is 5. The van der Waals surface area contributed by atoms with Crippen LogP contribution in [0.3, 0.4) is 0 Å². The zero-order valence-corrected chi connectivity index (χ0v) is 16.9. The predicted molar refractivity (Wildman–Crippen MR) is 110 cm³/mol. The van der Waals surface area contributed by atoms with Crippen LogP contribution in [0.15, 0.2) is 47.6 Å². The maximum atomic E-state index is 12.7. The number of nitrogens with one attached hydrogen (secondary N) is 2. The maximum absolute atomic E-state index is 12.7. The highest BCUT2D eigenvalue weighted by molar-refractivity contribution is 5.80. The summed E-state index contributed by atoms with van der Waals surface area (Å²) in [6.07, 6.45) is -3.39. The van der Waals surface area contributed by atoms with E-state index in [1.165, 1.54) is 5.56 Å². The minimum atomic E-state index is -4.48. The summed E-state index contributed by atoms with van der Waals surface area (Å²) in [6.45, 7) is 5.37. The van der Waals surface area contributed by atoms with Crippen molar-refractivity contribution >= 4 is 11.9 Å². The van der Waals surface area contributed by atoms with Gasteiger partial charge in [-0.25, -0.2) is 9.97 Å². The van der Waals surface area contributed by atoms with Crippen LogP contribution in [0.25, 0.3) is 0 Å². The van der Waals surface area contributed by atoms with E-state index < -0.39 is 11.9 Å². The molecule has 1 saturated heterocycles. The van der Waals surface area contributed by atoms with Crippen molar-refractivity contribution in [3.63, 3.8) is 0 Å². The molecule has 0 amide bonds. The molecule has 1 fully saturated rings. The quantitative estimate of drug-likeness (QED) is 0.424. The van der Waals surface area contributed by atoms with Crippen LogP contribution in [0.1, 0.15) is 11.3 Å². The second-order valence-electron chi connectivity index (χ2n) is 6.91. The first-order valence-electron chi connectivity index (χ1n) is 9.81. The number of alkyl halides is 3. The monoisotopic (exact) mass is 421 g/mol. The van der Waals surface area contributed by atoms with E-state index in [2.05, 4.69) is 59.7 Å². The standard InChI is InChI=1S/C20H26F3N7/c1-24-19(27-10-9-26-18-25-8-7-17(28-18)20(21,22)23)30-13-11-29(12-14-30)15-16-5-3-2-4-6-16/h2-8H,9-15H2,1H3,(H,24,27)(H,25,26,28). The van der Waals surface area contributed by atoms with E-state index in [1.807, 2.05) is 6.07 Å². The number of benzene rings is 1. The van der Waals surface area contributed by atoms with Crippen LogP contribution in [0.2, 0.25) is 0 Å². The van der Waals surface area contributed by atoms with Crippen LogP contribution in [0.5, 0.6) is 0 Å². The number of aliphatic imine (C=N–C) groups is 1. The summed E-state index contributed by atoms with van der Waals surface area (Å²) >= 11 is 0. The first-order valence-corrected chi connectivity index (χ1v) is 9.81. The molecule has 0 spiro atoms. The summed E-state index contributed by atoms with van der Waals surface area (Å²) in [5, 5.41) is 6.04. The fourth-order valence-corrected chi connectivity index (χ4v) is 3.24. The van der Waals surface area contributed by atoms with Gasteiger partial charge in [0.2, 0.25) is 5.95 Å². The van der Waals surface area contributed by atoms with Gasteiger partial charge in [0, 0.05) is 59.1 Å². The van der Waals surface area contributed by atoms with Crippen molar-refractivity contribution in [1.29, 1.82) is 0 Å². The number of aromatic nitrogens is 2. The highest BCUT2D eigenvalue weighted by Crippen LogP contribution is 2.27. The lowest BCUT2D eigenvalue weighted by atomic mass is 10.2. The van der Waals surface area contributed by atoms with Crippen LogP contribution in [-0.4, -0.2) is 72.0 Å². The maximum Gasteiger partial charge on any atom is 0.433 e. The SMILES string of the molecule is CN=C(NCCNc1nccc(C(F)(F)F)n1)N1CCN(Cc2ccccc2)CC1. The van der Waals surface area contributed by atoms with Crippen LogP contribution in [0, 0.1) is 0 Å². The number of nitrogens with zero attached hydrogens (tertiary/aromatic N) is 5. The number of guanidine groups is 1. The lowest BCUT2D eigenvalue weighted by molar-refractivity contribution is -0.141. The molecule has 1 aliphatic heterocycles. The summed E-state index contributed by atoms with van der Waals surface area (Å²) in [4.78, 5) is 16.2. The molecule has 162 valence electrons. The fourth-order valence-electron chi connectivity index (χ4n) is 3.24. The van der Waals surface area contributed by atoms with Crippen molar-refractivity contribution in [2.75, 3.05) is 51.6 Å². The smallest absolute Gasteiger partial charge is 0.354 e. The highest BCUT2D eigenvalue weighted by Gasteiger charge is 2.32. The van der Waals surface area contributed by atoms with Gasteiger partial charge in [0.05, 0.1) is 0 Å². The van der Waals surface area contributed by atoms with Crippen molar-refractivity contribution in [3.05, 3.63) is 53.9 Å². The van der Waals surface area contributed by atoms with Gasteiger partial charge in [-0.3, -0.25) is 9.89 Å². The van der Waals surface area contributed by atoms with Gasteiger partial charge in [0.1, 0.15) is 5.69 Å². The Morgan fingerprint density at radius 2 is 1.80 bits per heavy atom. The number of halogens is 3. The molecule has 0 saturated carbocycles. The third-order valence-electron chi connectivity index (χ3n) is 4.77. The van der Waals surface area contributed by atoms with E-state index in [1.54, 1.807) is 7.05 Å². The largest absolute Gasteiger partial charge is 0.433 e. The molecule has 7 nitrogen and oxygen atoms in total. The Morgan fingerprint density at radius 1 is 1.07 bits per heavy atom. The minimum absolute atomic E-state index is 0.0452. The van der Waals surface area contributed by atoms with Gasteiger partial charge in [-0.2, -0.15) is 13.2 Å². The highest BCUT2D eigenvalue weighted by atomic mass is 19.4. The molecule has 1 aliphatic rings. The normalized spacial score (nSPS) is 15.9. The van der Waals surface area contributed by atoms with Gasteiger partial charge in [-0.1, -0.05) is 30.3 Å². The molecule has 2 N–H and O–H groups in total. The first kappa shape index (κ1) is 21.8. The molecule has 0 atom stereocenters. The molecular weight excluding hydrogens is 395 g/mol. The van der Waals surface area contributed by atoms with Gasteiger partial charge >= 0.3 is 6.18 Å². The Bertz CT molecular complexity index is 819. The molecule has 1 aromatic heterocycles. The molecule has 0 radical (unpaired) electrons. The number of rotatable bonds is 6. The van der Waals surface area contributed by atoms with E-state index in [4.69, 9.17) is 0 Å². The topological polar surface area (TPSA) is 68.7 Å². The summed E-state index contributed by atoms with van der Waals surface area (Å²) in [7, 11) is 1.72. The van der Waals surface area contributed by atoms with E-state index in [9.17, 15) is 13.2 Å². The van der Waals surface area contributed by atoms with Gasteiger partial charge in [0.15, 0.2) is 5.96 Å². The van der Waals surface area contributed by atoms with Crippen molar-refractivity contribution in [1.82, 2.24) is 25.1 Å². The molecule has 2 aromatic rings. The van der Waals surface area contributed by atoms with Gasteiger partial charge in [-0.05, 0) is 11.6 Å². The summed E-state index contributed by atoms with van der Waals surface area (Å²) < 4.78 is 38.1. The number of hydrogen-bond donors (Lipinski definition) is 2. The molecule has 3 rings (SSSR count). The van der Waals surface area contributed by atoms with Crippen molar-refractivity contribution in [2.45, 2.75) is 12.7 Å². The Morgan fingerprint density at radius 3 is 2.47 bits per heavy atom. The van der Waals surface area contributed by atoms with Crippen LogP contribution < -0.4 is 10.6 Å². The van der Waals surface area contributed by atoms with E-state index in [-0.39, 0.29) is 5.95 Å². The summed E-state index contributed by atoms with van der Waals surface area (Å²) in [6, 6.07) is 11.2. The molecule has 0 bridgehead atoms. The Labute approximate surface area is 174 Å². The lowest BCUT2D eigenvalue weighted by Gasteiger charge is -2.36. The van der Waals surface area contributed by atoms with E-state index in [0.717, 1.165) is 50.9 Å². The van der Waals surface area contributed by atoms with Crippen molar-refractivity contribution < 1.29 is 13.2 Å². The van der Waals surface area contributed by atoms with Crippen molar-refractivity contribution in [3.8, 4) is 0 Å². The Hall–Kier alpha value is -2.88. The summed E-state index contributed by atoms with van der Waals surface area (Å²) in [5.74, 6) is 0.734. The fraction of sp³-hybridized carbons (Fsp3) is 0.450. The van der Waals surface area contributed by atoms with Crippen LogP contribution in [0.4, 0.5) is 19.1 Å². The zero-order chi connectivity index (χ0) is 21.4. The van der Waals surface area contributed by atoms with Crippen molar-refractivity contribution in [2.24, 2.45) is 4.99 Å². The predicted octanol–water partition coefficient (Wildman–Crippen LogP) is 2.30. The molecular formula is C20H26F3N7. The average molecular weight is 421 g/mol. The molecule has 0 unspecified atom stereocenters. The summed E-state index contributed by atoms with van der Waals surface area (Å²) in [5.41, 5.74) is 0.341. The Kier molecular flexibility index (Phi) is 7.45. The van der Waals surface area contributed by atoms with Gasteiger partial charge in [-0.15, -0.1) is 0 Å².